The molecule has 0 unspecified atom stereocenters. The van der Waals surface area contributed by atoms with E-state index in [1.807, 2.05) is 6.07 Å². The first-order valence-corrected chi connectivity index (χ1v) is 3.63. The van der Waals surface area contributed by atoms with Crippen molar-refractivity contribution >= 4 is 11.5 Å². The number of nitrogen functional groups attached to an aromatic ring is 1. The topological polar surface area (TPSA) is 75.2 Å². The van der Waals surface area contributed by atoms with Crippen molar-refractivity contribution in [3.8, 4) is 6.07 Å². The number of hydrogen-bond acceptors (Lipinski definition) is 5. The molecule has 5 nitrogen and oxygen atoms in total. The third-order valence-electron chi connectivity index (χ3n) is 1.66. The number of nitrogens with two attached hydrogens (primary N) is 1. The molecule has 5 heteroatoms. The van der Waals surface area contributed by atoms with Gasteiger partial charge in [0.15, 0.2) is 5.82 Å². The molecule has 0 aliphatic carbocycles. The maximum Gasteiger partial charge on any atom is 0.176 e. The monoisotopic (exact) mass is 178 g/mol. The quantitative estimate of drug-likeness (QED) is 0.668. The molecule has 0 saturated heterocycles. The fraction of sp³-hybridized carbons (Fsp3) is 0.250. The van der Waals surface area contributed by atoms with Crippen LogP contribution in [0.4, 0.5) is 11.5 Å². The highest BCUT2D eigenvalue weighted by Gasteiger charge is 2.09. The predicted molar refractivity (Wildman–Crippen MR) is 48.8 cm³/mol. The molecule has 0 amide bonds. The Morgan fingerprint density at radius 1 is 1.69 bits per heavy atom. The molecule has 2 N–H and O–H groups in total. The third-order valence-corrected chi connectivity index (χ3v) is 1.66. The minimum absolute atomic E-state index is 0.328. The average Bonchev–Trinajstić information content (AvgIpc) is 2.17. The van der Waals surface area contributed by atoms with Crippen molar-refractivity contribution in [2.24, 2.45) is 0 Å². The van der Waals surface area contributed by atoms with E-state index in [9.17, 15) is 0 Å². The van der Waals surface area contributed by atoms with Crippen LogP contribution in [0.5, 0.6) is 0 Å². The van der Waals surface area contributed by atoms with Crippen LogP contribution in [0.2, 0.25) is 0 Å². The maximum atomic E-state index is 8.68. The number of hydrogen-bond donors (Lipinski definition) is 1. The summed E-state index contributed by atoms with van der Waals surface area (Å²) < 4.78 is 0. The lowest BCUT2D eigenvalue weighted by atomic mass is 10.2. The SMILES string of the molecule is CON(C)c1nccc(C#N)c1N. The van der Waals surface area contributed by atoms with Gasteiger partial charge in [0.2, 0.25) is 0 Å². The van der Waals surface area contributed by atoms with Crippen LogP contribution < -0.4 is 10.8 Å². The van der Waals surface area contributed by atoms with Crippen LogP contribution in [0.15, 0.2) is 12.3 Å². The van der Waals surface area contributed by atoms with Gasteiger partial charge < -0.3 is 5.73 Å². The van der Waals surface area contributed by atoms with Crippen LogP contribution >= 0.6 is 0 Å². The molecule has 1 aromatic heterocycles. The van der Waals surface area contributed by atoms with E-state index in [2.05, 4.69) is 4.98 Å². The van der Waals surface area contributed by atoms with Gasteiger partial charge in [0.05, 0.1) is 18.4 Å². The smallest absolute Gasteiger partial charge is 0.176 e. The number of pyridine rings is 1. The molecule has 0 saturated carbocycles. The summed E-state index contributed by atoms with van der Waals surface area (Å²) in [4.78, 5) is 8.88. The highest BCUT2D eigenvalue weighted by Crippen LogP contribution is 2.21. The number of aromatic nitrogens is 1. The average molecular weight is 178 g/mol. The van der Waals surface area contributed by atoms with E-state index >= 15 is 0 Å². The Bertz CT molecular complexity index is 344. The van der Waals surface area contributed by atoms with Gasteiger partial charge in [0.25, 0.3) is 0 Å². The molecule has 0 aromatic carbocycles. The van der Waals surface area contributed by atoms with Crippen molar-refractivity contribution in [2.45, 2.75) is 0 Å². The van der Waals surface area contributed by atoms with E-state index in [0.717, 1.165) is 0 Å². The van der Waals surface area contributed by atoms with E-state index in [1.165, 1.54) is 18.4 Å². The molecule has 0 spiro atoms. The molecule has 0 radical (unpaired) electrons. The maximum absolute atomic E-state index is 8.68. The van der Waals surface area contributed by atoms with Crippen LogP contribution in [0.3, 0.4) is 0 Å². The van der Waals surface area contributed by atoms with Gasteiger partial charge in [-0.3, -0.25) is 4.84 Å². The number of nitriles is 1. The molecule has 0 aliphatic rings. The lowest BCUT2D eigenvalue weighted by Crippen LogP contribution is -2.18. The lowest BCUT2D eigenvalue weighted by Gasteiger charge is -2.16. The van der Waals surface area contributed by atoms with Gasteiger partial charge in [-0.1, -0.05) is 0 Å². The van der Waals surface area contributed by atoms with Crippen LogP contribution in [-0.4, -0.2) is 19.1 Å². The summed E-state index contributed by atoms with van der Waals surface area (Å²) in [5, 5.41) is 10.1. The standard InChI is InChI=1S/C8H10N4O/c1-12(13-2)8-7(10)6(5-9)3-4-11-8/h3-4H,10H2,1-2H3. The van der Waals surface area contributed by atoms with E-state index in [4.69, 9.17) is 15.8 Å². The lowest BCUT2D eigenvalue weighted by molar-refractivity contribution is 0.183. The number of hydroxylamine groups is 1. The molecule has 0 bridgehead atoms. The first-order valence-electron chi connectivity index (χ1n) is 3.63. The highest BCUT2D eigenvalue weighted by atomic mass is 16.7. The molecular formula is C8H10N4O. The Kier molecular flexibility index (Phi) is 2.67. The Morgan fingerprint density at radius 2 is 2.38 bits per heavy atom. The van der Waals surface area contributed by atoms with E-state index in [1.54, 1.807) is 13.1 Å². The van der Waals surface area contributed by atoms with Crippen molar-refractivity contribution < 1.29 is 4.84 Å². The highest BCUT2D eigenvalue weighted by molar-refractivity contribution is 5.68. The molecule has 1 heterocycles. The second-order valence-electron chi connectivity index (χ2n) is 2.39. The van der Waals surface area contributed by atoms with E-state index in [-0.39, 0.29) is 0 Å². The zero-order chi connectivity index (χ0) is 9.84. The van der Waals surface area contributed by atoms with E-state index < -0.39 is 0 Å². The Balaban J connectivity index is 3.17. The van der Waals surface area contributed by atoms with Crippen LogP contribution in [0.1, 0.15) is 5.56 Å². The van der Waals surface area contributed by atoms with Gasteiger partial charge in [0, 0.05) is 13.2 Å². The fourth-order valence-corrected chi connectivity index (χ4v) is 0.897. The Hall–Kier alpha value is -1.80. The second-order valence-corrected chi connectivity index (χ2v) is 2.39. The molecule has 68 valence electrons. The largest absolute Gasteiger partial charge is 0.395 e. The molecule has 1 aromatic rings. The molecule has 0 fully saturated rings. The van der Waals surface area contributed by atoms with E-state index in [0.29, 0.717) is 17.1 Å². The van der Waals surface area contributed by atoms with Crippen molar-refractivity contribution in [2.75, 3.05) is 25.0 Å². The number of nitrogens with zero attached hydrogens (tertiary/aromatic N) is 3. The number of anilines is 2. The summed E-state index contributed by atoms with van der Waals surface area (Å²) in [6, 6.07) is 3.53. The normalized spacial score (nSPS) is 9.31. The zero-order valence-electron chi connectivity index (χ0n) is 7.48. The summed E-state index contributed by atoms with van der Waals surface area (Å²) in [5.74, 6) is 0.446. The first kappa shape index (κ1) is 9.29. The summed E-state index contributed by atoms with van der Waals surface area (Å²) in [6.45, 7) is 0. The van der Waals surface area contributed by atoms with Crippen LogP contribution in [0, 0.1) is 11.3 Å². The van der Waals surface area contributed by atoms with Gasteiger partial charge in [-0.2, -0.15) is 5.26 Å². The predicted octanol–water partition coefficient (Wildman–Crippen LogP) is 0.533. The molecular weight excluding hydrogens is 168 g/mol. The van der Waals surface area contributed by atoms with Gasteiger partial charge >= 0.3 is 0 Å². The Morgan fingerprint density at radius 3 is 2.92 bits per heavy atom. The summed E-state index contributed by atoms with van der Waals surface area (Å²) in [6.07, 6.45) is 1.51. The minimum atomic E-state index is 0.328. The first-order chi connectivity index (χ1) is 6.20. The van der Waals surface area contributed by atoms with Crippen molar-refractivity contribution in [1.82, 2.24) is 4.98 Å². The van der Waals surface area contributed by atoms with Gasteiger partial charge in [0.1, 0.15) is 6.07 Å². The summed E-state index contributed by atoms with van der Waals surface area (Å²) >= 11 is 0. The zero-order valence-corrected chi connectivity index (χ0v) is 7.48. The van der Waals surface area contributed by atoms with Crippen LogP contribution in [-0.2, 0) is 4.84 Å². The summed E-state index contributed by atoms with van der Waals surface area (Å²) in [5.41, 5.74) is 6.39. The molecule has 13 heavy (non-hydrogen) atoms. The second kappa shape index (κ2) is 3.74. The van der Waals surface area contributed by atoms with Crippen molar-refractivity contribution in [3.05, 3.63) is 17.8 Å². The molecule has 1 rings (SSSR count). The molecule has 0 aliphatic heterocycles. The third kappa shape index (κ3) is 1.68. The van der Waals surface area contributed by atoms with Crippen molar-refractivity contribution in [3.63, 3.8) is 0 Å². The van der Waals surface area contributed by atoms with Gasteiger partial charge in [-0.25, -0.2) is 10.0 Å². The number of rotatable bonds is 2. The van der Waals surface area contributed by atoms with Gasteiger partial charge in [-0.15, -0.1) is 0 Å². The van der Waals surface area contributed by atoms with Crippen LogP contribution in [0.25, 0.3) is 0 Å². The molecule has 0 atom stereocenters. The van der Waals surface area contributed by atoms with Gasteiger partial charge in [-0.05, 0) is 6.07 Å². The Labute approximate surface area is 76.3 Å². The minimum Gasteiger partial charge on any atom is -0.395 e. The summed E-state index contributed by atoms with van der Waals surface area (Å²) in [7, 11) is 3.17. The fourth-order valence-electron chi connectivity index (χ4n) is 0.897. The van der Waals surface area contributed by atoms with Crippen molar-refractivity contribution in [1.29, 1.82) is 5.26 Å².